The Morgan fingerprint density at radius 3 is 2.43 bits per heavy atom. The minimum Gasteiger partial charge on any atom is -0.478 e. The van der Waals surface area contributed by atoms with Crippen molar-refractivity contribution in [2.24, 2.45) is 0 Å². The number of para-hydroxylation sites is 1. The summed E-state index contributed by atoms with van der Waals surface area (Å²) in [5, 5.41) is 14.3. The molecule has 21 heavy (non-hydrogen) atoms. The van der Waals surface area contributed by atoms with Crippen molar-refractivity contribution >= 4 is 33.6 Å². The molecule has 0 aliphatic rings. The monoisotopic (exact) mass is 348 g/mol. The van der Waals surface area contributed by atoms with E-state index in [2.05, 4.69) is 26.6 Å². The lowest BCUT2D eigenvalue weighted by Gasteiger charge is -2.10. The maximum Gasteiger partial charge on any atom is 0.337 e. The predicted octanol–water partition coefficient (Wildman–Crippen LogP) is 3.47. The second-order valence-corrected chi connectivity index (χ2v) is 5.10. The van der Waals surface area contributed by atoms with Crippen LogP contribution in [0.15, 0.2) is 53.0 Å². The molecule has 108 valence electrons. The van der Waals surface area contributed by atoms with E-state index < -0.39 is 12.0 Å². The maximum atomic E-state index is 11.8. The van der Waals surface area contributed by atoms with Crippen molar-refractivity contribution in [1.29, 1.82) is 0 Å². The summed E-state index contributed by atoms with van der Waals surface area (Å²) in [5.74, 6) is -1.09. The molecule has 2 rings (SSSR count). The Morgan fingerprint density at radius 1 is 1.05 bits per heavy atom. The van der Waals surface area contributed by atoms with Gasteiger partial charge in [-0.15, -0.1) is 0 Å². The maximum absolute atomic E-state index is 11.8. The van der Waals surface area contributed by atoms with Crippen molar-refractivity contribution in [3.05, 3.63) is 64.1 Å². The zero-order chi connectivity index (χ0) is 15.2. The molecule has 3 N–H and O–H groups in total. The molecule has 0 aliphatic heterocycles. The van der Waals surface area contributed by atoms with Gasteiger partial charge in [-0.3, -0.25) is 0 Å². The lowest BCUT2D eigenvalue weighted by atomic mass is 10.2. The summed E-state index contributed by atoms with van der Waals surface area (Å²) >= 11 is 3.39. The number of nitrogens with one attached hydrogen (secondary N) is 2. The van der Waals surface area contributed by atoms with E-state index in [-0.39, 0.29) is 11.3 Å². The Kier molecular flexibility index (Phi) is 4.94. The van der Waals surface area contributed by atoms with Gasteiger partial charge in [0.25, 0.3) is 0 Å². The molecule has 0 unspecified atom stereocenters. The molecule has 0 fully saturated rings. The Balaban J connectivity index is 2.00. The summed E-state index contributed by atoms with van der Waals surface area (Å²) in [4.78, 5) is 22.9. The third-order valence-corrected chi connectivity index (χ3v) is 3.58. The van der Waals surface area contributed by atoms with Crippen LogP contribution >= 0.6 is 15.9 Å². The SMILES string of the molecule is O=C(NCc1ccccc1Br)Nc1ccccc1C(=O)O. The highest BCUT2D eigenvalue weighted by molar-refractivity contribution is 9.10. The van der Waals surface area contributed by atoms with Crippen molar-refractivity contribution in [2.75, 3.05) is 5.32 Å². The van der Waals surface area contributed by atoms with Gasteiger partial charge in [0.2, 0.25) is 0 Å². The van der Waals surface area contributed by atoms with E-state index in [0.29, 0.717) is 6.54 Å². The summed E-state index contributed by atoms with van der Waals surface area (Å²) in [6.45, 7) is 0.336. The van der Waals surface area contributed by atoms with Crippen LogP contribution in [0, 0.1) is 0 Å². The molecule has 6 heteroatoms. The standard InChI is InChI=1S/C15H13BrN2O3/c16-12-7-3-1-5-10(12)9-17-15(21)18-13-8-4-2-6-11(13)14(19)20/h1-8H,9H2,(H,19,20)(H2,17,18,21). The molecular formula is C15H13BrN2O3. The first-order valence-electron chi connectivity index (χ1n) is 6.18. The minimum atomic E-state index is -1.09. The number of carbonyl (C=O) groups excluding carboxylic acids is 1. The summed E-state index contributed by atoms with van der Waals surface area (Å²) < 4.78 is 0.899. The largest absolute Gasteiger partial charge is 0.478 e. The number of carboxylic acid groups (broad SMARTS) is 1. The van der Waals surface area contributed by atoms with E-state index in [1.54, 1.807) is 18.2 Å². The molecule has 0 atom stereocenters. The van der Waals surface area contributed by atoms with Gasteiger partial charge in [-0.05, 0) is 23.8 Å². The average molecular weight is 349 g/mol. The van der Waals surface area contributed by atoms with E-state index in [0.717, 1.165) is 10.0 Å². The number of hydrogen-bond donors (Lipinski definition) is 3. The van der Waals surface area contributed by atoms with E-state index >= 15 is 0 Å². The van der Waals surface area contributed by atoms with Crippen LogP contribution in [0.2, 0.25) is 0 Å². The Hall–Kier alpha value is -2.34. The molecule has 5 nitrogen and oxygen atoms in total. The van der Waals surface area contributed by atoms with Gasteiger partial charge in [-0.25, -0.2) is 9.59 Å². The van der Waals surface area contributed by atoms with Crippen LogP contribution in [0.25, 0.3) is 0 Å². The van der Waals surface area contributed by atoms with Crippen LogP contribution < -0.4 is 10.6 Å². The van der Waals surface area contributed by atoms with Crippen molar-refractivity contribution in [2.45, 2.75) is 6.54 Å². The topological polar surface area (TPSA) is 78.4 Å². The van der Waals surface area contributed by atoms with Crippen LogP contribution in [0.4, 0.5) is 10.5 Å². The molecule has 0 heterocycles. The molecule has 2 amide bonds. The van der Waals surface area contributed by atoms with Gasteiger partial charge in [0.1, 0.15) is 0 Å². The number of hydrogen-bond acceptors (Lipinski definition) is 2. The molecule has 2 aromatic rings. The summed E-state index contributed by atoms with van der Waals surface area (Å²) in [6.07, 6.45) is 0. The van der Waals surface area contributed by atoms with Crippen LogP contribution in [-0.4, -0.2) is 17.1 Å². The number of carbonyl (C=O) groups is 2. The van der Waals surface area contributed by atoms with Crippen LogP contribution in [0.5, 0.6) is 0 Å². The minimum absolute atomic E-state index is 0.0496. The third kappa shape index (κ3) is 4.06. The molecule has 0 aromatic heterocycles. The van der Waals surface area contributed by atoms with Crippen LogP contribution in [-0.2, 0) is 6.54 Å². The predicted molar refractivity (Wildman–Crippen MR) is 83.4 cm³/mol. The number of carboxylic acids is 1. The van der Waals surface area contributed by atoms with Crippen molar-refractivity contribution in [3.8, 4) is 0 Å². The van der Waals surface area contributed by atoms with Gasteiger partial charge in [-0.1, -0.05) is 46.3 Å². The fourth-order valence-electron chi connectivity index (χ4n) is 1.76. The second-order valence-electron chi connectivity index (χ2n) is 4.25. The normalized spacial score (nSPS) is 9.95. The number of benzene rings is 2. The lowest BCUT2D eigenvalue weighted by molar-refractivity contribution is 0.0698. The summed E-state index contributed by atoms with van der Waals surface area (Å²) in [6, 6.07) is 13.3. The Labute approximate surface area is 130 Å². The molecular weight excluding hydrogens is 336 g/mol. The van der Waals surface area contributed by atoms with Gasteiger partial charge < -0.3 is 15.7 Å². The van der Waals surface area contributed by atoms with Crippen molar-refractivity contribution < 1.29 is 14.7 Å². The highest BCUT2D eigenvalue weighted by Gasteiger charge is 2.11. The Morgan fingerprint density at radius 2 is 1.71 bits per heavy atom. The zero-order valence-electron chi connectivity index (χ0n) is 11.0. The molecule has 0 saturated heterocycles. The van der Waals surface area contributed by atoms with Gasteiger partial charge in [0.05, 0.1) is 11.3 Å². The fraction of sp³-hybridized carbons (Fsp3) is 0.0667. The smallest absolute Gasteiger partial charge is 0.337 e. The number of rotatable bonds is 4. The first kappa shape index (κ1) is 15.1. The highest BCUT2D eigenvalue weighted by Crippen LogP contribution is 2.16. The number of urea groups is 1. The molecule has 0 spiro atoms. The molecule has 0 saturated carbocycles. The first-order valence-corrected chi connectivity index (χ1v) is 6.98. The quantitative estimate of drug-likeness (QED) is 0.791. The van der Waals surface area contributed by atoms with Crippen molar-refractivity contribution in [1.82, 2.24) is 5.32 Å². The van der Waals surface area contributed by atoms with E-state index in [1.807, 2.05) is 24.3 Å². The van der Waals surface area contributed by atoms with Gasteiger partial charge in [0.15, 0.2) is 0 Å². The average Bonchev–Trinajstić information content (AvgIpc) is 2.47. The molecule has 0 aliphatic carbocycles. The second kappa shape index (κ2) is 6.90. The lowest BCUT2D eigenvalue weighted by Crippen LogP contribution is -2.29. The van der Waals surface area contributed by atoms with Crippen molar-refractivity contribution in [3.63, 3.8) is 0 Å². The zero-order valence-corrected chi connectivity index (χ0v) is 12.6. The van der Waals surface area contributed by atoms with Crippen LogP contribution in [0.3, 0.4) is 0 Å². The summed E-state index contributed by atoms with van der Waals surface area (Å²) in [7, 11) is 0. The Bertz CT molecular complexity index is 673. The van der Waals surface area contributed by atoms with Gasteiger partial charge in [-0.2, -0.15) is 0 Å². The molecule has 0 radical (unpaired) electrons. The first-order chi connectivity index (χ1) is 10.1. The number of aromatic carboxylic acids is 1. The third-order valence-electron chi connectivity index (χ3n) is 2.80. The number of halogens is 1. The molecule has 2 aromatic carbocycles. The summed E-state index contributed by atoms with van der Waals surface area (Å²) in [5.41, 5.74) is 1.24. The van der Waals surface area contributed by atoms with Gasteiger partial charge in [0, 0.05) is 11.0 Å². The van der Waals surface area contributed by atoms with Crippen LogP contribution in [0.1, 0.15) is 15.9 Å². The van der Waals surface area contributed by atoms with E-state index in [1.165, 1.54) is 6.07 Å². The highest BCUT2D eigenvalue weighted by atomic mass is 79.9. The van der Waals surface area contributed by atoms with E-state index in [9.17, 15) is 9.59 Å². The van der Waals surface area contributed by atoms with E-state index in [4.69, 9.17) is 5.11 Å². The van der Waals surface area contributed by atoms with Gasteiger partial charge >= 0.3 is 12.0 Å². The fourth-order valence-corrected chi connectivity index (χ4v) is 2.19. The number of anilines is 1. The molecule has 0 bridgehead atoms. The number of amides is 2.